The third-order valence-corrected chi connectivity index (χ3v) is 2.81. The Morgan fingerprint density at radius 1 is 1.11 bits per heavy atom. The summed E-state index contributed by atoms with van der Waals surface area (Å²) in [6.07, 6.45) is 2.97. The lowest BCUT2D eigenvalue weighted by Gasteiger charge is -2.07. The predicted molar refractivity (Wildman–Crippen MR) is 66.6 cm³/mol. The van der Waals surface area contributed by atoms with Crippen molar-refractivity contribution in [1.29, 1.82) is 0 Å². The van der Waals surface area contributed by atoms with E-state index in [1.807, 2.05) is 0 Å². The van der Waals surface area contributed by atoms with Crippen molar-refractivity contribution in [2.75, 3.05) is 0 Å². The minimum atomic E-state index is -0.600. The van der Waals surface area contributed by atoms with E-state index in [2.05, 4.69) is 0 Å². The van der Waals surface area contributed by atoms with E-state index in [9.17, 15) is 14.4 Å². The van der Waals surface area contributed by atoms with Crippen molar-refractivity contribution in [1.82, 2.24) is 4.90 Å². The summed E-state index contributed by atoms with van der Waals surface area (Å²) in [5.41, 5.74) is 0.770. The smallest absolute Gasteiger partial charge is 0.260 e. The third kappa shape index (κ3) is 2.65. The van der Waals surface area contributed by atoms with Gasteiger partial charge in [0.2, 0.25) is 11.8 Å². The molecule has 0 atom stereocenters. The Balaban J connectivity index is 2.09. The van der Waals surface area contributed by atoms with Crippen LogP contribution < -0.4 is 0 Å². The van der Waals surface area contributed by atoms with Crippen LogP contribution in [0.25, 0.3) is 6.08 Å². The van der Waals surface area contributed by atoms with Gasteiger partial charge in [0.1, 0.15) is 0 Å². The number of amides is 3. The maximum atomic E-state index is 11.7. The number of halogens is 1. The van der Waals surface area contributed by atoms with Gasteiger partial charge in [0.05, 0.1) is 0 Å². The topological polar surface area (TPSA) is 54.5 Å². The van der Waals surface area contributed by atoms with E-state index in [0.29, 0.717) is 9.92 Å². The first-order chi connectivity index (χ1) is 8.58. The molecule has 0 radical (unpaired) electrons. The van der Waals surface area contributed by atoms with Gasteiger partial charge >= 0.3 is 0 Å². The van der Waals surface area contributed by atoms with Crippen molar-refractivity contribution < 1.29 is 14.4 Å². The lowest BCUT2D eigenvalue weighted by atomic mass is 10.2. The zero-order chi connectivity index (χ0) is 13.1. The van der Waals surface area contributed by atoms with Gasteiger partial charge in [-0.25, -0.2) is 4.90 Å². The van der Waals surface area contributed by atoms with Crippen LogP contribution in [0, 0.1) is 0 Å². The summed E-state index contributed by atoms with van der Waals surface area (Å²) in [6, 6.07) is 6.86. The molecule has 4 nitrogen and oxygen atoms in total. The largest absolute Gasteiger partial charge is 0.274 e. The number of hydrogen-bond donors (Lipinski definition) is 0. The summed E-state index contributed by atoms with van der Waals surface area (Å²) in [6.45, 7) is 0. The molecule has 1 aromatic rings. The van der Waals surface area contributed by atoms with Crippen LogP contribution in [0.1, 0.15) is 18.4 Å². The standard InChI is InChI=1S/C13H10ClNO3/c14-10-4-1-9(2-5-10)3-6-11(16)15-12(17)7-8-13(15)18/h1-6H,7-8H2. The Bertz CT molecular complexity index is 518. The summed E-state index contributed by atoms with van der Waals surface area (Å²) < 4.78 is 0. The molecule has 18 heavy (non-hydrogen) atoms. The van der Waals surface area contributed by atoms with E-state index in [-0.39, 0.29) is 12.8 Å². The number of hydrogen-bond acceptors (Lipinski definition) is 3. The number of imide groups is 3. The Kier molecular flexibility index (Phi) is 3.58. The van der Waals surface area contributed by atoms with Crippen molar-refractivity contribution in [3.63, 3.8) is 0 Å². The van der Waals surface area contributed by atoms with Crippen LogP contribution in [-0.4, -0.2) is 22.6 Å². The van der Waals surface area contributed by atoms with E-state index < -0.39 is 17.7 Å². The number of likely N-dealkylation sites (tertiary alicyclic amines) is 1. The highest BCUT2D eigenvalue weighted by Crippen LogP contribution is 2.14. The third-order valence-electron chi connectivity index (χ3n) is 2.56. The lowest BCUT2D eigenvalue weighted by molar-refractivity contribution is -0.146. The molecule has 1 saturated heterocycles. The monoisotopic (exact) mass is 263 g/mol. The Labute approximate surface area is 109 Å². The molecule has 0 saturated carbocycles. The Morgan fingerprint density at radius 3 is 2.22 bits per heavy atom. The summed E-state index contributed by atoms with van der Waals surface area (Å²) >= 11 is 5.73. The molecular formula is C13H10ClNO3. The van der Waals surface area contributed by atoms with E-state index in [1.165, 1.54) is 12.2 Å². The van der Waals surface area contributed by atoms with Gasteiger partial charge in [-0.05, 0) is 23.8 Å². The Morgan fingerprint density at radius 2 is 1.67 bits per heavy atom. The van der Waals surface area contributed by atoms with Gasteiger partial charge in [-0.15, -0.1) is 0 Å². The average Bonchev–Trinajstić information content (AvgIpc) is 2.68. The summed E-state index contributed by atoms with van der Waals surface area (Å²) in [5.74, 6) is -1.48. The van der Waals surface area contributed by atoms with E-state index in [1.54, 1.807) is 24.3 Å². The quantitative estimate of drug-likeness (QED) is 0.606. The maximum Gasteiger partial charge on any atom is 0.260 e. The van der Waals surface area contributed by atoms with Crippen LogP contribution in [0.3, 0.4) is 0 Å². The molecule has 0 bridgehead atoms. The SMILES string of the molecule is O=C(C=Cc1ccc(Cl)cc1)N1C(=O)CCC1=O. The van der Waals surface area contributed by atoms with Crippen molar-refractivity contribution in [3.05, 3.63) is 40.9 Å². The van der Waals surface area contributed by atoms with Gasteiger partial charge in [-0.3, -0.25) is 14.4 Å². The highest BCUT2D eigenvalue weighted by molar-refractivity contribution is 6.30. The molecule has 0 N–H and O–H groups in total. The highest BCUT2D eigenvalue weighted by Gasteiger charge is 2.32. The first kappa shape index (κ1) is 12.5. The molecule has 3 amide bonds. The van der Waals surface area contributed by atoms with Gasteiger partial charge < -0.3 is 0 Å². The fourth-order valence-electron chi connectivity index (χ4n) is 1.64. The molecule has 1 heterocycles. The molecule has 1 aliphatic heterocycles. The molecule has 2 rings (SSSR count). The van der Waals surface area contributed by atoms with Crippen LogP contribution in [0.15, 0.2) is 30.3 Å². The molecule has 0 unspecified atom stereocenters. The van der Waals surface area contributed by atoms with Crippen molar-refractivity contribution in [2.45, 2.75) is 12.8 Å². The van der Waals surface area contributed by atoms with Crippen molar-refractivity contribution in [3.8, 4) is 0 Å². The van der Waals surface area contributed by atoms with Crippen LogP contribution in [-0.2, 0) is 14.4 Å². The van der Waals surface area contributed by atoms with Crippen LogP contribution in [0.2, 0.25) is 5.02 Å². The normalized spacial score (nSPS) is 15.7. The van der Waals surface area contributed by atoms with E-state index in [0.717, 1.165) is 5.56 Å². The number of rotatable bonds is 2. The second-order valence-electron chi connectivity index (χ2n) is 3.85. The second-order valence-corrected chi connectivity index (χ2v) is 4.28. The van der Waals surface area contributed by atoms with Gasteiger partial charge in [0.15, 0.2) is 0 Å². The van der Waals surface area contributed by atoms with Crippen molar-refractivity contribution >= 4 is 35.4 Å². The van der Waals surface area contributed by atoms with E-state index in [4.69, 9.17) is 11.6 Å². The summed E-state index contributed by atoms with van der Waals surface area (Å²) in [4.78, 5) is 35.0. The zero-order valence-electron chi connectivity index (χ0n) is 9.43. The molecule has 1 aromatic carbocycles. The minimum absolute atomic E-state index is 0.110. The second kappa shape index (κ2) is 5.14. The molecular weight excluding hydrogens is 254 g/mol. The van der Waals surface area contributed by atoms with Gasteiger partial charge in [-0.1, -0.05) is 23.7 Å². The molecule has 0 aromatic heterocycles. The fraction of sp³-hybridized carbons (Fsp3) is 0.154. The molecule has 1 aliphatic rings. The average molecular weight is 264 g/mol. The lowest BCUT2D eigenvalue weighted by Crippen LogP contribution is -2.34. The maximum absolute atomic E-state index is 11.7. The Hall–Kier alpha value is -1.94. The molecule has 1 fully saturated rings. The van der Waals surface area contributed by atoms with Crippen LogP contribution in [0.5, 0.6) is 0 Å². The molecule has 5 heteroatoms. The first-order valence-corrected chi connectivity index (χ1v) is 5.79. The van der Waals surface area contributed by atoms with Crippen LogP contribution >= 0.6 is 11.6 Å². The van der Waals surface area contributed by atoms with Crippen LogP contribution in [0.4, 0.5) is 0 Å². The predicted octanol–water partition coefficient (Wildman–Crippen LogP) is 2.03. The van der Waals surface area contributed by atoms with Gasteiger partial charge in [0, 0.05) is 23.9 Å². The number of nitrogens with zero attached hydrogens (tertiary/aromatic N) is 1. The summed E-state index contributed by atoms with van der Waals surface area (Å²) in [7, 11) is 0. The number of carbonyl (C=O) groups excluding carboxylic acids is 3. The molecule has 0 spiro atoms. The number of benzene rings is 1. The molecule has 92 valence electrons. The number of carbonyl (C=O) groups is 3. The van der Waals surface area contributed by atoms with Gasteiger partial charge in [0.25, 0.3) is 5.91 Å². The fourth-order valence-corrected chi connectivity index (χ4v) is 1.76. The van der Waals surface area contributed by atoms with Gasteiger partial charge in [-0.2, -0.15) is 0 Å². The van der Waals surface area contributed by atoms with Crippen molar-refractivity contribution in [2.24, 2.45) is 0 Å². The summed E-state index contributed by atoms with van der Waals surface area (Å²) in [5, 5.41) is 0.600. The zero-order valence-corrected chi connectivity index (χ0v) is 10.2. The van der Waals surface area contributed by atoms with E-state index >= 15 is 0 Å². The molecule has 0 aliphatic carbocycles. The highest BCUT2D eigenvalue weighted by atomic mass is 35.5. The minimum Gasteiger partial charge on any atom is -0.274 e. The first-order valence-electron chi connectivity index (χ1n) is 5.41.